The summed E-state index contributed by atoms with van der Waals surface area (Å²) in [5.41, 5.74) is -0.161. The SMILES string of the molecule is CC(C)(C)OC(=O)N[C@H](CO)c1ccc(OC(F)F)cc1Br. The second-order valence-electron chi connectivity index (χ2n) is 5.44. The third kappa shape index (κ3) is 6.15. The Balaban J connectivity index is 2.84. The molecule has 0 aliphatic rings. The molecule has 0 aromatic heterocycles. The van der Waals surface area contributed by atoms with Gasteiger partial charge in [0.2, 0.25) is 0 Å². The lowest BCUT2D eigenvalue weighted by Gasteiger charge is -2.23. The van der Waals surface area contributed by atoms with E-state index < -0.39 is 24.3 Å². The fraction of sp³-hybridized carbons (Fsp3) is 0.500. The minimum absolute atomic E-state index is 0.0282. The van der Waals surface area contributed by atoms with Gasteiger partial charge in [-0.15, -0.1) is 0 Å². The summed E-state index contributed by atoms with van der Waals surface area (Å²) in [5, 5.41) is 11.9. The summed E-state index contributed by atoms with van der Waals surface area (Å²) in [7, 11) is 0. The minimum Gasteiger partial charge on any atom is -0.444 e. The van der Waals surface area contributed by atoms with Gasteiger partial charge < -0.3 is 19.9 Å². The number of alkyl halides is 2. The van der Waals surface area contributed by atoms with Gasteiger partial charge in [0.25, 0.3) is 0 Å². The highest BCUT2D eigenvalue weighted by Crippen LogP contribution is 2.28. The number of aliphatic hydroxyl groups is 1. The molecule has 0 bridgehead atoms. The lowest BCUT2D eigenvalue weighted by Crippen LogP contribution is -2.36. The molecule has 2 N–H and O–H groups in total. The van der Waals surface area contributed by atoms with Gasteiger partial charge in [-0.05, 0) is 38.5 Å². The summed E-state index contributed by atoms with van der Waals surface area (Å²) in [4.78, 5) is 11.7. The number of halogens is 3. The molecule has 5 nitrogen and oxygen atoms in total. The van der Waals surface area contributed by atoms with Crippen molar-refractivity contribution in [2.24, 2.45) is 0 Å². The number of hydrogen-bond acceptors (Lipinski definition) is 4. The monoisotopic (exact) mass is 381 g/mol. The number of carbonyl (C=O) groups excluding carboxylic acids is 1. The van der Waals surface area contributed by atoms with E-state index in [4.69, 9.17) is 4.74 Å². The molecule has 0 saturated carbocycles. The number of carbonyl (C=O) groups is 1. The maximum Gasteiger partial charge on any atom is 0.408 e. The summed E-state index contributed by atoms with van der Waals surface area (Å²) in [6.07, 6.45) is -0.689. The highest BCUT2D eigenvalue weighted by molar-refractivity contribution is 9.10. The van der Waals surface area contributed by atoms with Crippen LogP contribution in [0.25, 0.3) is 0 Å². The zero-order valence-corrected chi connectivity index (χ0v) is 14.0. The highest BCUT2D eigenvalue weighted by Gasteiger charge is 2.21. The van der Waals surface area contributed by atoms with Gasteiger partial charge in [-0.2, -0.15) is 8.78 Å². The molecule has 0 unspecified atom stereocenters. The third-order valence-corrected chi connectivity index (χ3v) is 3.13. The molecule has 0 fully saturated rings. The second-order valence-corrected chi connectivity index (χ2v) is 6.30. The Morgan fingerprint density at radius 1 is 1.41 bits per heavy atom. The summed E-state index contributed by atoms with van der Waals surface area (Å²) < 4.78 is 34.1. The molecule has 0 aliphatic carbocycles. The normalized spacial score (nSPS) is 12.9. The molecule has 1 rings (SSSR count). The number of benzene rings is 1. The molecule has 0 heterocycles. The van der Waals surface area contributed by atoms with Gasteiger partial charge in [0.15, 0.2) is 0 Å². The van der Waals surface area contributed by atoms with E-state index >= 15 is 0 Å². The van der Waals surface area contributed by atoms with Crippen LogP contribution < -0.4 is 10.1 Å². The van der Waals surface area contributed by atoms with Crippen LogP contribution in [-0.2, 0) is 4.74 Å². The summed E-state index contributed by atoms with van der Waals surface area (Å²) in [6.45, 7) is 1.84. The van der Waals surface area contributed by atoms with Crippen LogP contribution in [0.1, 0.15) is 32.4 Å². The van der Waals surface area contributed by atoms with Crippen molar-refractivity contribution in [2.45, 2.75) is 39.0 Å². The van der Waals surface area contributed by atoms with Gasteiger partial charge in [-0.25, -0.2) is 4.79 Å². The molecular formula is C14H18BrF2NO4. The Hall–Kier alpha value is -1.41. The molecule has 1 aromatic rings. The Bertz CT molecular complexity index is 520. The summed E-state index contributed by atoms with van der Waals surface area (Å²) >= 11 is 3.20. The van der Waals surface area contributed by atoms with E-state index in [0.29, 0.717) is 10.0 Å². The maximum atomic E-state index is 12.2. The van der Waals surface area contributed by atoms with Crippen molar-refractivity contribution in [3.63, 3.8) is 0 Å². The number of rotatable bonds is 5. The summed E-state index contributed by atoms with van der Waals surface area (Å²) in [5.74, 6) is -0.0282. The zero-order valence-electron chi connectivity index (χ0n) is 12.4. The van der Waals surface area contributed by atoms with Crippen molar-refractivity contribution in [3.05, 3.63) is 28.2 Å². The van der Waals surface area contributed by atoms with Gasteiger partial charge >= 0.3 is 12.7 Å². The third-order valence-electron chi connectivity index (χ3n) is 2.45. The fourth-order valence-electron chi connectivity index (χ4n) is 1.64. The molecule has 0 spiro atoms. The highest BCUT2D eigenvalue weighted by atomic mass is 79.9. The van der Waals surface area contributed by atoms with Gasteiger partial charge in [-0.3, -0.25) is 0 Å². The topological polar surface area (TPSA) is 67.8 Å². The van der Waals surface area contributed by atoms with E-state index in [-0.39, 0.29) is 12.4 Å². The molecule has 8 heteroatoms. The van der Waals surface area contributed by atoms with Gasteiger partial charge in [0.1, 0.15) is 11.4 Å². The first-order valence-electron chi connectivity index (χ1n) is 6.47. The van der Waals surface area contributed by atoms with Crippen molar-refractivity contribution in [1.29, 1.82) is 0 Å². The van der Waals surface area contributed by atoms with Crippen molar-refractivity contribution in [1.82, 2.24) is 5.32 Å². The number of nitrogens with one attached hydrogen (secondary N) is 1. The van der Waals surface area contributed by atoms with Crippen LogP contribution in [-0.4, -0.2) is 30.0 Å². The second kappa shape index (κ2) is 7.73. The lowest BCUT2D eigenvalue weighted by molar-refractivity contribution is -0.0499. The molecule has 0 radical (unpaired) electrons. The van der Waals surface area contributed by atoms with Gasteiger partial charge in [0, 0.05) is 4.47 Å². The van der Waals surface area contributed by atoms with E-state index in [2.05, 4.69) is 26.0 Å². The lowest BCUT2D eigenvalue weighted by atomic mass is 10.1. The molecule has 0 aliphatic heterocycles. The Morgan fingerprint density at radius 3 is 2.50 bits per heavy atom. The molecular weight excluding hydrogens is 364 g/mol. The summed E-state index contributed by atoms with van der Waals surface area (Å²) in [6, 6.07) is 3.39. The van der Waals surface area contributed by atoms with Crippen LogP contribution in [0, 0.1) is 0 Å². The van der Waals surface area contributed by atoms with Crippen LogP contribution in [0.4, 0.5) is 13.6 Å². The zero-order chi connectivity index (χ0) is 16.9. The first kappa shape index (κ1) is 18.6. The Kier molecular flexibility index (Phi) is 6.55. The standard InChI is InChI=1S/C14H18BrF2NO4/c1-14(2,3)22-13(20)18-11(7-19)9-5-4-8(6-10(9)15)21-12(16)17/h4-6,11-12,19H,7H2,1-3H3,(H,18,20)/t11-/m1/s1. The molecule has 1 atom stereocenters. The smallest absolute Gasteiger partial charge is 0.408 e. The van der Waals surface area contributed by atoms with Crippen LogP contribution in [0.5, 0.6) is 5.75 Å². The molecule has 0 saturated heterocycles. The van der Waals surface area contributed by atoms with E-state index in [0.717, 1.165) is 0 Å². The molecule has 1 aromatic carbocycles. The Morgan fingerprint density at radius 2 is 2.05 bits per heavy atom. The number of ether oxygens (including phenoxy) is 2. The molecule has 1 amide bonds. The predicted molar refractivity (Wildman–Crippen MR) is 80.0 cm³/mol. The average molecular weight is 382 g/mol. The van der Waals surface area contributed by atoms with Crippen LogP contribution >= 0.6 is 15.9 Å². The first-order chi connectivity index (χ1) is 10.1. The Labute approximate surface area is 135 Å². The van der Waals surface area contributed by atoms with E-state index in [1.54, 1.807) is 20.8 Å². The predicted octanol–water partition coefficient (Wildman–Crippen LogP) is 3.61. The fourth-order valence-corrected chi connectivity index (χ4v) is 2.27. The molecule has 124 valence electrons. The largest absolute Gasteiger partial charge is 0.444 e. The minimum atomic E-state index is -2.92. The van der Waals surface area contributed by atoms with Crippen molar-refractivity contribution in [3.8, 4) is 5.75 Å². The average Bonchev–Trinajstić information content (AvgIpc) is 2.33. The van der Waals surface area contributed by atoms with Crippen molar-refractivity contribution < 1.29 is 28.2 Å². The van der Waals surface area contributed by atoms with Crippen LogP contribution in [0.15, 0.2) is 22.7 Å². The van der Waals surface area contributed by atoms with Crippen LogP contribution in [0.2, 0.25) is 0 Å². The van der Waals surface area contributed by atoms with Gasteiger partial charge in [-0.1, -0.05) is 22.0 Å². The van der Waals surface area contributed by atoms with Crippen molar-refractivity contribution in [2.75, 3.05) is 6.61 Å². The quantitative estimate of drug-likeness (QED) is 0.817. The van der Waals surface area contributed by atoms with E-state index in [1.807, 2.05) is 0 Å². The van der Waals surface area contributed by atoms with E-state index in [9.17, 15) is 18.7 Å². The van der Waals surface area contributed by atoms with Crippen LogP contribution in [0.3, 0.4) is 0 Å². The number of amides is 1. The van der Waals surface area contributed by atoms with Crippen molar-refractivity contribution >= 4 is 22.0 Å². The number of aliphatic hydroxyl groups excluding tert-OH is 1. The van der Waals surface area contributed by atoms with Gasteiger partial charge in [0.05, 0.1) is 12.6 Å². The first-order valence-corrected chi connectivity index (χ1v) is 7.26. The molecule has 22 heavy (non-hydrogen) atoms. The maximum absolute atomic E-state index is 12.2. The number of alkyl carbamates (subject to hydrolysis) is 1. The number of hydrogen-bond donors (Lipinski definition) is 2. The van der Waals surface area contributed by atoms with E-state index in [1.165, 1.54) is 18.2 Å².